The van der Waals surface area contributed by atoms with Gasteiger partial charge < -0.3 is 10.4 Å². The molecule has 3 heteroatoms. The van der Waals surface area contributed by atoms with Gasteiger partial charge in [0.2, 0.25) is 0 Å². The third-order valence-corrected chi connectivity index (χ3v) is 11.9. The number of aliphatic hydroxyl groups is 1. The maximum atomic E-state index is 10.3. The van der Waals surface area contributed by atoms with E-state index in [0.29, 0.717) is 10.8 Å². The van der Waals surface area contributed by atoms with Crippen molar-refractivity contribution in [2.75, 3.05) is 6.54 Å². The molecule has 34 heavy (non-hydrogen) atoms. The highest BCUT2D eigenvalue weighted by Crippen LogP contribution is 2.68. The molecule has 4 fully saturated rings. The molecule has 4 saturated carbocycles. The summed E-state index contributed by atoms with van der Waals surface area (Å²) in [4.78, 5) is 0. The zero-order valence-electron chi connectivity index (χ0n) is 21.9. The van der Waals surface area contributed by atoms with E-state index in [2.05, 4.69) is 38.2 Å². The summed E-state index contributed by atoms with van der Waals surface area (Å²) in [5, 5.41) is 14.8. The van der Waals surface area contributed by atoms with E-state index in [1.165, 1.54) is 63.4 Å². The molecule has 1 aromatic carbocycles. The van der Waals surface area contributed by atoms with E-state index in [9.17, 15) is 5.11 Å². The molecule has 4 aliphatic rings. The summed E-state index contributed by atoms with van der Waals surface area (Å²) in [5.74, 6) is 5.34. The van der Waals surface area contributed by atoms with Gasteiger partial charge in [0.1, 0.15) is 0 Å². The Morgan fingerprint density at radius 1 is 0.971 bits per heavy atom. The highest BCUT2D eigenvalue weighted by atomic mass is 35.5. The Morgan fingerprint density at radius 2 is 1.71 bits per heavy atom. The van der Waals surface area contributed by atoms with E-state index in [1.807, 2.05) is 12.1 Å². The maximum Gasteiger partial charge on any atom is 0.0543 e. The molecule has 5 rings (SSSR count). The van der Waals surface area contributed by atoms with Crippen molar-refractivity contribution in [1.82, 2.24) is 5.32 Å². The normalized spacial score (nSPS) is 42.5. The van der Waals surface area contributed by atoms with Gasteiger partial charge in [-0.05, 0) is 141 Å². The molecule has 0 heterocycles. The molecule has 190 valence electrons. The van der Waals surface area contributed by atoms with Crippen molar-refractivity contribution < 1.29 is 5.11 Å². The molecule has 0 spiro atoms. The lowest BCUT2D eigenvalue weighted by Gasteiger charge is -2.61. The second-order valence-corrected chi connectivity index (χ2v) is 13.7. The highest BCUT2D eigenvalue weighted by Gasteiger charge is 2.60. The van der Waals surface area contributed by atoms with Gasteiger partial charge in [-0.3, -0.25) is 0 Å². The van der Waals surface area contributed by atoms with Crippen LogP contribution in [0.5, 0.6) is 0 Å². The third-order valence-electron chi connectivity index (χ3n) is 11.7. The van der Waals surface area contributed by atoms with Crippen LogP contribution in [-0.2, 0) is 6.54 Å². The summed E-state index contributed by atoms with van der Waals surface area (Å²) < 4.78 is 0. The van der Waals surface area contributed by atoms with Crippen LogP contribution in [0, 0.1) is 46.3 Å². The first-order chi connectivity index (χ1) is 16.3. The topological polar surface area (TPSA) is 32.3 Å². The average molecular weight is 486 g/mol. The Bertz CT molecular complexity index is 825. The van der Waals surface area contributed by atoms with Crippen LogP contribution in [0.1, 0.15) is 97.0 Å². The number of benzene rings is 1. The maximum absolute atomic E-state index is 10.3. The lowest BCUT2D eigenvalue weighted by Crippen LogP contribution is -2.54. The summed E-state index contributed by atoms with van der Waals surface area (Å²) in [6, 6.07) is 8.21. The zero-order chi connectivity index (χ0) is 23.9. The Kier molecular flexibility index (Phi) is 7.43. The fraction of sp³-hybridized carbons (Fsp3) is 0.806. The van der Waals surface area contributed by atoms with Crippen molar-refractivity contribution in [3.8, 4) is 0 Å². The molecule has 4 aliphatic carbocycles. The van der Waals surface area contributed by atoms with Crippen LogP contribution in [0.15, 0.2) is 24.3 Å². The van der Waals surface area contributed by atoms with Gasteiger partial charge >= 0.3 is 0 Å². The zero-order valence-corrected chi connectivity index (χ0v) is 22.6. The van der Waals surface area contributed by atoms with Crippen LogP contribution in [0.25, 0.3) is 0 Å². The van der Waals surface area contributed by atoms with Crippen molar-refractivity contribution in [2.24, 2.45) is 46.3 Å². The first-order valence-corrected chi connectivity index (χ1v) is 14.8. The van der Waals surface area contributed by atoms with Gasteiger partial charge in [-0.25, -0.2) is 0 Å². The van der Waals surface area contributed by atoms with Crippen LogP contribution in [0.2, 0.25) is 5.02 Å². The monoisotopic (exact) mass is 485 g/mol. The first kappa shape index (κ1) is 25.1. The molecule has 0 amide bonds. The van der Waals surface area contributed by atoms with Crippen molar-refractivity contribution in [2.45, 2.75) is 104 Å². The summed E-state index contributed by atoms with van der Waals surface area (Å²) in [6.07, 6.45) is 14.7. The van der Waals surface area contributed by atoms with Gasteiger partial charge in [0.15, 0.2) is 0 Å². The van der Waals surface area contributed by atoms with Crippen LogP contribution in [0.4, 0.5) is 0 Å². The fourth-order valence-electron chi connectivity index (χ4n) is 9.80. The van der Waals surface area contributed by atoms with E-state index in [-0.39, 0.29) is 6.10 Å². The molecule has 9 unspecified atom stereocenters. The van der Waals surface area contributed by atoms with Crippen LogP contribution >= 0.6 is 11.6 Å². The molecule has 0 aromatic heterocycles. The predicted octanol–water partition coefficient (Wildman–Crippen LogP) is 7.87. The lowest BCUT2D eigenvalue weighted by atomic mass is 9.44. The molecule has 0 saturated heterocycles. The van der Waals surface area contributed by atoms with Gasteiger partial charge in [0, 0.05) is 11.6 Å². The molecule has 0 radical (unpaired) electrons. The minimum absolute atomic E-state index is 0.0270. The predicted molar refractivity (Wildman–Crippen MR) is 143 cm³/mol. The third kappa shape index (κ3) is 4.61. The van der Waals surface area contributed by atoms with Gasteiger partial charge in [-0.2, -0.15) is 0 Å². The molecular weight excluding hydrogens is 438 g/mol. The SMILES string of the molecule is CC(CCCNCc1ccc(Cl)cc1)C1CCC2C3CCC4CC(O)CCC4(C)C3CCC12C. The van der Waals surface area contributed by atoms with Gasteiger partial charge in [0.05, 0.1) is 6.10 Å². The number of aliphatic hydroxyl groups excluding tert-OH is 1. The number of hydrogen-bond donors (Lipinski definition) is 2. The van der Waals surface area contributed by atoms with Crippen LogP contribution < -0.4 is 5.32 Å². The number of halogens is 1. The largest absolute Gasteiger partial charge is 0.393 e. The Morgan fingerprint density at radius 3 is 2.50 bits per heavy atom. The summed E-state index contributed by atoms with van der Waals surface area (Å²) >= 11 is 6.00. The minimum atomic E-state index is -0.0270. The number of hydrogen-bond acceptors (Lipinski definition) is 2. The highest BCUT2D eigenvalue weighted by molar-refractivity contribution is 6.30. The molecule has 0 bridgehead atoms. The lowest BCUT2D eigenvalue weighted by molar-refractivity contribution is -0.129. The number of fused-ring (bicyclic) bond motifs is 5. The minimum Gasteiger partial charge on any atom is -0.393 e. The van der Waals surface area contributed by atoms with Crippen molar-refractivity contribution in [3.05, 3.63) is 34.9 Å². The molecule has 1 aromatic rings. The standard InChI is InChI=1S/C31H48ClNO/c1-21(5-4-18-33-20-22-6-9-24(32)10-7-22)27-12-13-28-26-11-8-23-19-25(34)14-16-30(23,2)29(26)15-17-31(27,28)3/h6-7,9-10,21,23,25-29,33-34H,4-5,8,11-20H2,1-3H3. The molecule has 2 nitrogen and oxygen atoms in total. The van der Waals surface area contributed by atoms with E-state index in [1.54, 1.807) is 0 Å². The van der Waals surface area contributed by atoms with Gasteiger partial charge in [-0.1, -0.05) is 44.5 Å². The van der Waals surface area contributed by atoms with Crippen molar-refractivity contribution in [1.29, 1.82) is 0 Å². The Labute approximate surface area is 213 Å². The van der Waals surface area contributed by atoms with Gasteiger partial charge in [0.25, 0.3) is 0 Å². The van der Waals surface area contributed by atoms with E-state index >= 15 is 0 Å². The second kappa shape index (κ2) is 10.1. The van der Waals surface area contributed by atoms with E-state index in [0.717, 1.165) is 66.5 Å². The van der Waals surface area contributed by atoms with Crippen molar-refractivity contribution in [3.63, 3.8) is 0 Å². The number of rotatable bonds is 7. The average Bonchev–Trinajstić information content (AvgIpc) is 3.18. The summed E-state index contributed by atoms with van der Waals surface area (Å²) in [7, 11) is 0. The number of nitrogens with one attached hydrogen (secondary N) is 1. The molecule has 0 aliphatic heterocycles. The van der Waals surface area contributed by atoms with Crippen molar-refractivity contribution >= 4 is 11.6 Å². The summed E-state index contributed by atoms with van der Waals surface area (Å²) in [5.41, 5.74) is 2.38. The molecular formula is C31H48ClNO. The molecule has 2 N–H and O–H groups in total. The van der Waals surface area contributed by atoms with Crippen LogP contribution in [0.3, 0.4) is 0 Å². The van der Waals surface area contributed by atoms with Crippen LogP contribution in [-0.4, -0.2) is 17.8 Å². The Balaban J connectivity index is 1.14. The smallest absolute Gasteiger partial charge is 0.0543 e. The fourth-order valence-corrected chi connectivity index (χ4v) is 9.92. The first-order valence-electron chi connectivity index (χ1n) is 14.4. The Hall–Kier alpha value is -0.570. The van der Waals surface area contributed by atoms with E-state index < -0.39 is 0 Å². The second-order valence-electron chi connectivity index (χ2n) is 13.2. The quantitative estimate of drug-likeness (QED) is 0.385. The van der Waals surface area contributed by atoms with Gasteiger partial charge in [-0.15, -0.1) is 0 Å². The molecule has 9 atom stereocenters. The summed E-state index contributed by atoms with van der Waals surface area (Å²) in [6.45, 7) is 9.92. The van der Waals surface area contributed by atoms with E-state index in [4.69, 9.17) is 11.6 Å².